The molecule has 0 bridgehead atoms. The van der Waals surface area contributed by atoms with E-state index in [-0.39, 0.29) is 34.7 Å². The Morgan fingerprint density at radius 1 is 1.15 bits per heavy atom. The van der Waals surface area contributed by atoms with Crippen molar-refractivity contribution >= 4 is 39.5 Å². The summed E-state index contributed by atoms with van der Waals surface area (Å²) in [6.45, 7) is 4.44. The van der Waals surface area contributed by atoms with Crippen molar-refractivity contribution < 1.29 is 14.1 Å². The number of nitriles is 1. The second kappa shape index (κ2) is 10.8. The van der Waals surface area contributed by atoms with Gasteiger partial charge in [0.2, 0.25) is 0 Å². The van der Waals surface area contributed by atoms with E-state index in [9.17, 15) is 19.6 Å². The zero-order valence-corrected chi connectivity index (χ0v) is 23.0. The number of aromatic nitrogens is 3. The number of hydrogen-bond acceptors (Lipinski definition) is 8. The van der Waals surface area contributed by atoms with Gasteiger partial charge in [-0.15, -0.1) is 0 Å². The van der Waals surface area contributed by atoms with Gasteiger partial charge in [0.25, 0.3) is 11.3 Å². The van der Waals surface area contributed by atoms with Crippen molar-refractivity contribution in [1.82, 2.24) is 24.9 Å². The van der Waals surface area contributed by atoms with E-state index in [1.165, 1.54) is 12.3 Å². The van der Waals surface area contributed by atoms with Crippen LogP contribution in [0.15, 0.2) is 45.8 Å². The van der Waals surface area contributed by atoms with E-state index in [0.29, 0.717) is 18.5 Å². The van der Waals surface area contributed by atoms with Crippen LogP contribution in [-0.4, -0.2) is 63.4 Å². The van der Waals surface area contributed by atoms with Gasteiger partial charge in [-0.25, -0.2) is 4.98 Å². The third-order valence-corrected chi connectivity index (χ3v) is 8.35. The number of benzene rings is 1. The fourth-order valence-electron chi connectivity index (χ4n) is 6.04. The molecule has 0 saturated carbocycles. The van der Waals surface area contributed by atoms with Crippen LogP contribution in [0.25, 0.3) is 22.0 Å². The van der Waals surface area contributed by atoms with Crippen LogP contribution in [0.4, 0.5) is 5.69 Å². The summed E-state index contributed by atoms with van der Waals surface area (Å²) in [6.07, 6.45) is 4.88. The van der Waals surface area contributed by atoms with Crippen molar-refractivity contribution in [3.05, 3.63) is 63.7 Å². The van der Waals surface area contributed by atoms with E-state index in [2.05, 4.69) is 40.4 Å². The van der Waals surface area contributed by atoms with E-state index in [1.807, 2.05) is 24.3 Å². The average Bonchev–Trinajstić information content (AvgIpc) is 3.35. The summed E-state index contributed by atoms with van der Waals surface area (Å²) in [4.78, 5) is 51.4. The highest BCUT2D eigenvalue weighted by Crippen LogP contribution is 2.36. The van der Waals surface area contributed by atoms with Crippen molar-refractivity contribution in [3.63, 3.8) is 0 Å². The lowest BCUT2D eigenvalue weighted by atomic mass is 9.88. The van der Waals surface area contributed by atoms with E-state index in [1.54, 1.807) is 4.90 Å². The topological polar surface area (TPSA) is 148 Å². The first-order valence-electron chi connectivity index (χ1n) is 13.9. The lowest BCUT2D eigenvalue weighted by Gasteiger charge is -2.38. The highest BCUT2D eigenvalue weighted by atomic mass is 16.5. The maximum absolute atomic E-state index is 13.5. The number of nitrogens with zero attached hydrogens (tertiary/aromatic N) is 5. The molecule has 1 aromatic carbocycles. The first kappa shape index (κ1) is 26.7. The number of piperidine rings is 2. The van der Waals surface area contributed by atoms with Gasteiger partial charge in [0.1, 0.15) is 11.5 Å². The SMILES string of the molecule is C[C@H]1CC[C@H](c2ccc3cc(C#N)c(C4CCN(C)CC4)nc3c2)N(C(=O)C(=O)Nc2cnc3o[nH]c(=O)c3c2)C1. The molecule has 0 aliphatic carbocycles. The number of likely N-dealkylation sites (tertiary alicyclic amines) is 2. The molecule has 11 heteroatoms. The van der Waals surface area contributed by atoms with E-state index >= 15 is 0 Å². The second-order valence-electron chi connectivity index (χ2n) is 11.3. The molecular formula is C30H31N7O4. The molecule has 11 nitrogen and oxygen atoms in total. The number of pyridine rings is 2. The van der Waals surface area contributed by atoms with Crippen molar-refractivity contribution in [1.29, 1.82) is 5.26 Å². The maximum atomic E-state index is 13.5. The first-order valence-corrected chi connectivity index (χ1v) is 13.9. The monoisotopic (exact) mass is 553 g/mol. The Hall–Kier alpha value is -4.56. The summed E-state index contributed by atoms with van der Waals surface area (Å²) in [5.74, 6) is -0.981. The number of amides is 2. The highest BCUT2D eigenvalue weighted by molar-refractivity contribution is 6.39. The standard InChI is InChI=1S/C30H31N7O4/c1-17-3-6-25(37(16-17)30(40)28(39)33-22-13-23-27(38)35-41-29(23)32-15-22)20-5-4-19-11-21(14-31)26(34-24(19)12-20)18-7-9-36(2)10-8-18/h4-5,11-13,15,17-18,25H,3,6-10,16H2,1-2H3,(H,33,39)(H,35,38)/t17-,25+/m0/s1. The van der Waals surface area contributed by atoms with E-state index < -0.39 is 17.4 Å². The van der Waals surface area contributed by atoms with Crippen LogP contribution in [0.5, 0.6) is 0 Å². The molecule has 41 heavy (non-hydrogen) atoms. The Balaban J connectivity index is 1.28. The summed E-state index contributed by atoms with van der Waals surface area (Å²) in [5, 5.41) is 15.7. The van der Waals surface area contributed by atoms with Crippen LogP contribution in [0.3, 0.4) is 0 Å². The van der Waals surface area contributed by atoms with Crippen molar-refractivity contribution in [2.45, 2.75) is 44.6 Å². The largest absolute Gasteiger partial charge is 0.358 e. The summed E-state index contributed by atoms with van der Waals surface area (Å²) >= 11 is 0. The molecule has 3 aromatic heterocycles. The number of carbonyl (C=O) groups excluding carboxylic acids is 2. The van der Waals surface area contributed by atoms with Crippen molar-refractivity contribution in [2.75, 3.05) is 32.0 Å². The van der Waals surface area contributed by atoms with Crippen molar-refractivity contribution in [2.24, 2.45) is 5.92 Å². The maximum Gasteiger partial charge on any atom is 0.313 e. The third kappa shape index (κ3) is 5.18. The average molecular weight is 554 g/mol. The molecule has 2 fully saturated rings. The van der Waals surface area contributed by atoms with Crippen molar-refractivity contribution in [3.8, 4) is 6.07 Å². The molecular weight excluding hydrogens is 522 g/mol. The van der Waals surface area contributed by atoms with Crippen LogP contribution in [-0.2, 0) is 9.59 Å². The zero-order valence-electron chi connectivity index (χ0n) is 23.0. The van der Waals surface area contributed by atoms with Gasteiger partial charge >= 0.3 is 11.8 Å². The summed E-state index contributed by atoms with van der Waals surface area (Å²) < 4.78 is 4.96. The number of aromatic amines is 1. The number of anilines is 1. The van der Waals surface area contributed by atoms with Gasteiger partial charge in [-0.1, -0.05) is 19.1 Å². The van der Waals surface area contributed by atoms with Gasteiger partial charge in [-0.05, 0) is 75.5 Å². The first-order chi connectivity index (χ1) is 19.8. The molecule has 2 N–H and O–H groups in total. The quantitative estimate of drug-likeness (QED) is 0.365. The summed E-state index contributed by atoms with van der Waals surface area (Å²) in [6, 6.07) is 11.3. The Bertz CT molecular complexity index is 1750. The number of rotatable bonds is 3. The number of hydrogen-bond donors (Lipinski definition) is 2. The van der Waals surface area contributed by atoms with E-state index in [0.717, 1.165) is 54.5 Å². The molecule has 2 saturated heterocycles. The molecule has 6 rings (SSSR count). The molecule has 0 unspecified atom stereocenters. The Morgan fingerprint density at radius 2 is 1.95 bits per heavy atom. The van der Waals surface area contributed by atoms with Gasteiger partial charge in [-0.3, -0.25) is 19.4 Å². The minimum Gasteiger partial charge on any atom is -0.358 e. The van der Waals surface area contributed by atoms with Crippen LogP contribution in [0.1, 0.15) is 61.4 Å². The molecule has 0 radical (unpaired) electrons. The molecule has 2 amide bonds. The number of fused-ring (bicyclic) bond motifs is 2. The molecule has 4 aromatic rings. The minimum absolute atomic E-state index is 0.120. The summed E-state index contributed by atoms with van der Waals surface area (Å²) in [7, 11) is 2.11. The Kier molecular flexibility index (Phi) is 7.01. The Morgan fingerprint density at radius 3 is 2.73 bits per heavy atom. The molecule has 2 aliphatic heterocycles. The predicted molar refractivity (Wildman–Crippen MR) is 152 cm³/mol. The van der Waals surface area contributed by atoms with Crippen LogP contribution in [0, 0.1) is 17.2 Å². The van der Waals surface area contributed by atoms with Gasteiger partial charge in [0.05, 0.1) is 34.7 Å². The molecule has 5 heterocycles. The molecule has 2 aliphatic rings. The highest BCUT2D eigenvalue weighted by Gasteiger charge is 2.34. The molecule has 0 spiro atoms. The van der Waals surface area contributed by atoms with Crippen LogP contribution < -0.4 is 10.9 Å². The lowest BCUT2D eigenvalue weighted by Crippen LogP contribution is -2.46. The molecule has 2 atom stereocenters. The number of nitrogens with one attached hydrogen (secondary N) is 2. The lowest BCUT2D eigenvalue weighted by molar-refractivity contribution is -0.146. The summed E-state index contributed by atoms with van der Waals surface area (Å²) in [5.41, 5.74) is 3.04. The van der Waals surface area contributed by atoms with Crippen LogP contribution >= 0.6 is 0 Å². The fourth-order valence-corrected chi connectivity index (χ4v) is 6.04. The minimum atomic E-state index is -0.799. The van der Waals surface area contributed by atoms with Gasteiger partial charge in [0.15, 0.2) is 0 Å². The zero-order chi connectivity index (χ0) is 28.7. The second-order valence-corrected chi connectivity index (χ2v) is 11.3. The van der Waals surface area contributed by atoms with Gasteiger partial charge < -0.3 is 19.6 Å². The van der Waals surface area contributed by atoms with Crippen LogP contribution in [0.2, 0.25) is 0 Å². The number of H-pyrrole nitrogens is 1. The fraction of sp³-hybridized carbons (Fsp3) is 0.400. The Labute approximate surface area is 236 Å². The third-order valence-electron chi connectivity index (χ3n) is 8.35. The predicted octanol–water partition coefficient (Wildman–Crippen LogP) is 3.68. The van der Waals surface area contributed by atoms with Gasteiger partial charge in [0, 0.05) is 17.8 Å². The van der Waals surface area contributed by atoms with E-state index in [4.69, 9.17) is 9.51 Å². The number of carbonyl (C=O) groups is 2. The smallest absolute Gasteiger partial charge is 0.313 e. The van der Waals surface area contributed by atoms with Gasteiger partial charge in [-0.2, -0.15) is 10.4 Å². The molecule has 210 valence electrons. The normalized spacial score (nSPS) is 20.3.